The van der Waals surface area contributed by atoms with E-state index in [2.05, 4.69) is 31.9 Å². The average Bonchev–Trinajstić information content (AvgIpc) is 2.11. The second-order valence-electron chi connectivity index (χ2n) is 3.89. The molecular weight excluding hydrogens is 363 g/mol. The smallest absolute Gasteiger partial charge is 0.335 e. The maximum atomic E-state index is 11.4. The van der Waals surface area contributed by atoms with Crippen molar-refractivity contribution in [1.29, 1.82) is 0 Å². The van der Waals surface area contributed by atoms with Crippen molar-refractivity contribution in [1.82, 2.24) is 0 Å². The summed E-state index contributed by atoms with van der Waals surface area (Å²) in [6.45, 7) is 2.91. The summed E-state index contributed by atoms with van der Waals surface area (Å²) < 4.78 is 12.1. The second kappa shape index (κ2) is 4.42. The summed E-state index contributed by atoms with van der Waals surface area (Å²) in [6.07, 6.45) is 0. The van der Waals surface area contributed by atoms with E-state index in [1.54, 1.807) is 0 Å². The molecular formula is C9H11Br2O4P. The normalized spacial score (nSPS) is 12.9. The molecule has 1 rings (SSSR count). The fraction of sp³-hybridized carbons (Fsp3) is 0.333. The standard InChI is InChI=1S/C9H11Br2O4P/c1-9(2,16(13,14)15)5-3-6(10)8(12)7(11)4-5/h3-4,12H,1-2H3,(H2,13,14,15). The van der Waals surface area contributed by atoms with Crippen LogP contribution in [0.4, 0.5) is 0 Å². The van der Waals surface area contributed by atoms with Gasteiger partial charge < -0.3 is 14.9 Å². The third-order valence-electron chi connectivity index (χ3n) is 2.45. The zero-order valence-electron chi connectivity index (χ0n) is 8.61. The highest BCUT2D eigenvalue weighted by Crippen LogP contribution is 2.57. The molecule has 7 heteroatoms. The van der Waals surface area contributed by atoms with Crippen molar-refractivity contribution < 1.29 is 19.5 Å². The van der Waals surface area contributed by atoms with Crippen LogP contribution in [-0.4, -0.2) is 14.9 Å². The lowest BCUT2D eigenvalue weighted by Gasteiger charge is -2.26. The van der Waals surface area contributed by atoms with Crippen LogP contribution in [0.15, 0.2) is 21.1 Å². The molecule has 16 heavy (non-hydrogen) atoms. The summed E-state index contributed by atoms with van der Waals surface area (Å²) in [5, 5.41) is 8.21. The van der Waals surface area contributed by atoms with Crippen molar-refractivity contribution in [3.05, 3.63) is 26.6 Å². The third kappa shape index (κ3) is 2.51. The van der Waals surface area contributed by atoms with E-state index < -0.39 is 12.8 Å². The van der Waals surface area contributed by atoms with Gasteiger partial charge in [-0.05, 0) is 63.4 Å². The number of halogens is 2. The Labute approximate surface area is 110 Å². The van der Waals surface area contributed by atoms with Gasteiger partial charge in [0.05, 0.1) is 14.1 Å². The van der Waals surface area contributed by atoms with Gasteiger partial charge in [0.2, 0.25) is 0 Å². The lowest BCUT2D eigenvalue weighted by atomic mass is 10.0. The molecule has 0 heterocycles. The van der Waals surface area contributed by atoms with Crippen molar-refractivity contribution in [2.75, 3.05) is 0 Å². The molecule has 90 valence electrons. The molecule has 0 amide bonds. The Morgan fingerprint density at radius 3 is 1.88 bits per heavy atom. The van der Waals surface area contributed by atoms with E-state index in [9.17, 15) is 19.5 Å². The molecule has 0 atom stereocenters. The molecule has 0 aliphatic heterocycles. The van der Waals surface area contributed by atoms with Crippen LogP contribution in [0.5, 0.6) is 5.75 Å². The first-order valence-electron chi connectivity index (χ1n) is 4.31. The van der Waals surface area contributed by atoms with E-state index in [-0.39, 0.29) is 5.75 Å². The molecule has 0 radical (unpaired) electrons. The highest BCUT2D eigenvalue weighted by Gasteiger charge is 2.39. The van der Waals surface area contributed by atoms with Crippen LogP contribution in [0.1, 0.15) is 19.4 Å². The summed E-state index contributed by atoms with van der Waals surface area (Å²) in [6, 6.07) is 3.00. The summed E-state index contributed by atoms with van der Waals surface area (Å²) in [7, 11) is -4.27. The molecule has 0 saturated heterocycles. The van der Waals surface area contributed by atoms with Gasteiger partial charge in [-0.25, -0.2) is 0 Å². The predicted octanol–water partition coefficient (Wildman–Crippen LogP) is 3.33. The SMILES string of the molecule is CC(C)(c1cc(Br)c(O)c(Br)c1)P(=O)(O)O. The van der Waals surface area contributed by atoms with Crippen LogP contribution in [-0.2, 0) is 9.72 Å². The van der Waals surface area contributed by atoms with Crippen LogP contribution in [0.2, 0.25) is 0 Å². The minimum absolute atomic E-state index is 0.00487. The van der Waals surface area contributed by atoms with Crippen LogP contribution in [0, 0.1) is 0 Å². The molecule has 3 N–H and O–H groups in total. The molecule has 4 nitrogen and oxygen atoms in total. The maximum Gasteiger partial charge on any atom is 0.335 e. The Balaban J connectivity index is 3.41. The number of hydrogen-bond donors (Lipinski definition) is 3. The summed E-state index contributed by atoms with van der Waals surface area (Å²) in [4.78, 5) is 18.5. The molecule has 0 bridgehead atoms. The molecule has 0 aliphatic carbocycles. The van der Waals surface area contributed by atoms with Gasteiger partial charge in [-0.2, -0.15) is 0 Å². The highest BCUT2D eigenvalue weighted by atomic mass is 79.9. The lowest BCUT2D eigenvalue weighted by molar-refractivity contribution is 0.337. The number of hydrogen-bond acceptors (Lipinski definition) is 2. The third-order valence-corrected chi connectivity index (χ3v) is 5.38. The molecule has 1 aromatic rings. The number of phenolic OH excluding ortho intramolecular Hbond substituents is 1. The highest BCUT2D eigenvalue weighted by molar-refractivity contribution is 9.11. The molecule has 0 fully saturated rings. The quantitative estimate of drug-likeness (QED) is 0.695. The summed E-state index contributed by atoms with van der Waals surface area (Å²) in [5.74, 6) is 0.00487. The second-order valence-corrected chi connectivity index (χ2v) is 7.81. The molecule has 0 aliphatic rings. The maximum absolute atomic E-state index is 11.4. The van der Waals surface area contributed by atoms with Crippen molar-refractivity contribution >= 4 is 39.5 Å². The van der Waals surface area contributed by atoms with Gasteiger partial charge in [-0.3, -0.25) is 4.57 Å². The molecule has 0 unspecified atom stereocenters. The van der Waals surface area contributed by atoms with Crippen LogP contribution >= 0.6 is 39.5 Å². The zero-order valence-corrected chi connectivity index (χ0v) is 12.7. The van der Waals surface area contributed by atoms with Gasteiger partial charge in [0.15, 0.2) is 0 Å². The van der Waals surface area contributed by atoms with Gasteiger partial charge >= 0.3 is 7.60 Å². The molecule has 1 aromatic carbocycles. The zero-order chi connectivity index (χ0) is 12.7. The summed E-state index contributed by atoms with van der Waals surface area (Å²) in [5.41, 5.74) is 0.442. The topological polar surface area (TPSA) is 77.8 Å². The van der Waals surface area contributed by atoms with Crippen molar-refractivity contribution in [2.45, 2.75) is 19.0 Å². The van der Waals surface area contributed by atoms with Gasteiger partial charge in [-0.15, -0.1) is 0 Å². The van der Waals surface area contributed by atoms with Crippen LogP contribution < -0.4 is 0 Å². The van der Waals surface area contributed by atoms with Crippen molar-refractivity contribution in [3.63, 3.8) is 0 Å². The van der Waals surface area contributed by atoms with Crippen molar-refractivity contribution in [2.24, 2.45) is 0 Å². The minimum atomic E-state index is -4.27. The molecule has 0 spiro atoms. The Hall–Kier alpha value is 0.130. The Kier molecular flexibility index (Phi) is 3.92. The Morgan fingerprint density at radius 2 is 1.56 bits per heavy atom. The van der Waals surface area contributed by atoms with E-state index in [0.717, 1.165) is 0 Å². The Morgan fingerprint density at radius 1 is 1.19 bits per heavy atom. The Bertz CT molecular complexity index is 444. The predicted molar refractivity (Wildman–Crippen MR) is 68.6 cm³/mol. The number of aromatic hydroxyl groups is 1. The number of phenols is 1. The lowest BCUT2D eigenvalue weighted by Crippen LogP contribution is -2.17. The fourth-order valence-electron chi connectivity index (χ4n) is 1.09. The first-order valence-corrected chi connectivity index (χ1v) is 7.51. The first-order chi connectivity index (χ1) is 7.07. The van der Waals surface area contributed by atoms with E-state index in [4.69, 9.17) is 0 Å². The van der Waals surface area contributed by atoms with Gasteiger partial charge in [0.1, 0.15) is 5.75 Å². The van der Waals surface area contributed by atoms with E-state index in [0.29, 0.717) is 14.5 Å². The molecule has 0 aromatic heterocycles. The number of rotatable bonds is 2. The summed E-state index contributed by atoms with van der Waals surface area (Å²) >= 11 is 6.25. The van der Waals surface area contributed by atoms with Crippen LogP contribution in [0.25, 0.3) is 0 Å². The average molecular weight is 374 g/mol. The number of benzene rings is 1. The van der Waals surface area contributed by atoms with E-state index >= 15 is 0 Å². The molecule has 0 saturated carbocycles. The van der Waals surface area contributed by atoms with E-state index in [1.807, 2.05) is 0 Å². The first kappa shape index (κ1) is 14.2. The van der Waals surface area contributed by atoms with E-state index in [1.165, 1.54) is 26.0 Å². The largest absolute Gasteiger partial charge is 0.506 e. The van der Waals surface area contributed by atoms with Crippen LogP contribution in [0.3, 0.4) is 0 Å². The minimum Gasteiger partial charge on any atom is -0.506 e. The van der Waals surface area contributed by atoms with Gasteiger partial charge in [0.25, 0.3) is 0 Å². The van der Waals surface area contributed by atoms with Gasteiger partial charge in [0, 0.05) is 0 Å². The van der Waals surface area contributed by atoms with Gasteiger partial charge in [-0.1, -0.05) is 0 Å². The monoisotopic (exact) mass is 372 g/mol. The van der Waals surface area contributed by atoms with Crippen molar-refractivity contribution in [3.8, 4) is 5.75 Å². The fourth-order valence-corrected chi connectivity index (χ4v) is 2.74.